The molecule has 1 heterocycles. The summed E-state index contributed by atoms with van der Waals surface area (Å²) >= 11 is 0. The van der Waals surface area contributed by atoms with Crippen molar-refractivity contribution in [3.63, 3.8) is 0 Å². The van der Waals surface area contributed by atoms with Gasteiger partial charge in [0.15, 0.2) is 0 Å². The Bertz CT molecular complexity index is 850. The Labute approximate surface area is 149 Å². The molecule has 8 heteroatoms. The topological polar surface area (TPSA) is 84.7 Å². The van der Waals surface area contributed by atoms with Crippen LogP contribution >= 0.6 is 0 Å². The minimum atomic E-state index is -0.612. The zero-order valence-corrected chi connectivity index (χ0v) is 14.2. The van der Waals surface area contributed by atoms with Crippen LogP contribution in [0.25, 0.3) is 0 Å². The Kier molecular flexibility index (Phi) is 5.01. The average molecular weight is 359 g/mol. The number of hydrogen-bond acceptors (Lipinski definition) is 5. The van der Waals surface area contributed by atoms with Gasteiger partial charge in [-0.1, -0.05) is 0 Å². The lowest BCUT2D eigenvalue weighted by molar-refractivity contribution is -0.384. The molecule has 0 bridgehead atoms. The number of methoxy groups -OCH3 is 1. The van der Waals surface area contributed by atoms with Gasteiger partial charge in [-0.15, -0.1) is 0 Å². The van der Waals surface area contributed by atoms with Gasteiger partial charge in [0, 0.05) is 30.9 Å². The third-order valence-electron chi connectivity index (χ3n) is 4.29. The number of amides is 1. The number of anilines is 2. The summed E-state index contributed by atoms with van der Waals surface area (Å²) < 4.78 is 19.4. The largest absolute Gasteiger partial charge is 0.496 e. The molecule has 0 unspecified atom stereocenters. The molecular formula is C18H18FN3O4. The second-order valence-corrected chi connectivity index (χ2v) is 5.96. The van der Waals surface area contributed by atoms with Crippen molar-refractivity contribution in [2.75, 3.05) is 30.4 Å². The average Bonchev–Trinajstić information content (AvgIpc) is 3.15. The number of nitro groups is 1. The van der Waals surface area contributed by atoms with Crippen LogP contribution in [0.5, 0.6) is 5.75 Å². The molecule has 0 aromatic heterocycles. The van der Waals surface area contributed by atoms with Gasteiger partial charge in [0.25, 0.3) is 11.6 Å². The van der Waals surface area contributed by atoms with E-state index in [2.05, 4.69) is 5.32 Å². The van der Waals surface area contributed by atoms with Crippen LogP contribution in [0.15, 0.2) is 36.4 Å². The number of carbonyl (C=O) groups is 1. The van der Waals surface area contributed by atoms with E-state index < -0.39 is 16.6 Å². The highest BCUT2D eigenvalue weighted by Crippen LogP contribution is 2.28. The van der Waals surface area contributed by atoms with Crippen LogP contribution < -0.4 is 15.0 Å². The molecule has 1 N–H and O–H groups in total. The molecule has 2 aromatic rings. The van der Waals surface area contributed by atoms with Crippen molar-refractivity contribution in [1.82, 2.24) is 0 Å². The van der Waals surface area contributed by atoms with Crippen LogP contribution in [0, 0.1) is 15.9 Å². The molecule has 2 aromatic carbocycles. The van der Waals surface area contributed by atoms with Crippen LogP contribution in [0.2, 0.25) is 0 Å². The summed E-state index contributed by atoms with van der Waals surface area (Å²) in [4.78, 5) is 24.8. The van der Waals surface area contributed by atoms with Gasteiger partial charge in [0.1, 0.15) is 11.6 Å². The van der Waals surface area contributed by atoms with Gasteiger partial charge in [-0.2, -0.15) is 0 Å². The molecular weight excluding hydrogens is 341 g/mol. The van der Waals surface area contributed by atoms with Crippen LogP contribution in [-0.2, 0) is 0 Å². The van der Waals surface area contributed by atoms with Crippen LogP contribution in [0.3, 0.4) is 0 Å². The van der Waals surface area contributed by atoms with Gasteiger partial charge in [0.2, 0.25) is 0 Å². The highest BCUT2D eigenvalue weighted by Gasteiger charge is 2.19. The lowest BCUT2D eigenvalue weighted by Gasteiger charge is -2.19. The summed E-state index contributed by atoms with van der Waals surface area (Å²) in [7, 11) is 1.36. The predicted molar refractivity (Wildman–Crippen MR) is 95.4 cm³/mol. The van der Waals surface area contributed by atoms with Crippen molar-refractivity contribution >= 4 is 23.0 Å². The number of nitrogens with zero attached hydrogens (tertiary/aromatic N) is 2. The van der Waals surface area contributed by atoms with Crippen LogP contribution in [-0.4, -0.2) is 31.0 Å². The lowest BCUT2D eigenvalue weighted by Crippen LogP contribution is -2.19. The maximum Gasteiger partial charge on any atom is 0.270 e. The number of nitrogens with one attached hydrogen (secondary N) is 1. The molecule has 0 atom stereocenters. The summed E-state index contributed by atoms with van der Waals surface area (Å²) in [5.74, 6) is -0.836. The van der Waals surface area contributed by atoms with Gasteiger partial charge in [-0.3, -0.25) is 14.9 Å². The normalized spacial score (nSPS) is 13.5. The maximum atomic E-state index is 14.4. The summed E-state index contributed by atoms with van der Waals surface area (Å²) in [5, 5.41) is 13.5. The van der Waals surface area contributed by atoms with Crippen molar-refractivity contribution in [2.45, 2.75) is 12.8 Å². The van der Waals surface area contributed by atoms with Crippen LogP contribution in [0.1, 0.15) is 23.2 Å². The highest BCUT2D eigenvalue weighted by atomic mass is 19.1. The van der Waals surface area contributed by atoms with Gasteiger partial charge >= 0.3 is 0 Å². The molecule has 0 aliphatic carbocycles. The number of ether oxygens (including phenoxy) is 1. The Balaban J connectivity index is 1.82. The fourth-order valence-electron chi connectivity index (χ4n) is 2.98. The number of non-ortho nitro benzene ring substituents is 1. The monoisotopic (exact) mass is 359 g/mol. The van der Waals surface area contributed by atoms with Gasteiger partial charge in [0.05, 0.1) is 23.3 Å². The number of benzene rings is 2. The molecule has 3 rings (SSSR count). The SMILES string of the molecule is COc1ccc([N+](=O)[O-])cc1C(=O)Nc1ccc(N2CCCC2)c(F)c1. The third kappa shape index (κ3) is 3.58. The fourth-order valence-corrected chi connectivity index (χ4v) is 2.98. The first kappa shape index (κ1) is 17.7. The smallest absolute Gasteiger partial charge is 0.270 e. The van der Waals surface area contributed by atoms with Crippen molar-refractivity contribution < 1.29 is 18.8 Å². The molecule has 1 fully saturated rings. The molecule has 1 saturated heterocycles. The first-order valence-corrected chi connectivity index (χ1v) is 8.18. The van der Waals surface area contributed by atoms with Crippen molar-refractivity contribution in [3.05, 3.63) is 57.9 Å². The van der Waals surface area contributed by atoms with Gasteiger partial charge in [-0.05, 0) is 37.1 Å². The van der Waals surface area contributed by atoms with E-state index in [1.807, 2.05) is 4.90 Å². The lowest BCUT2D eigenvalue weighted by atomic mass is 10.1. The molecule has 1 aliphatic heterocycles. The minimum Gasteiger partial charge on any atom is -0.496 e. The summed E-state index contributed by atoms with van der Waals surface area (Å²) in [6, 6.07) is 8.21. The molecule has 1 aliphatic rings. The van der Waals surface area contributed by atoms with E-state index in [1.165, 1.54) is 25.3 Å². The quantitative estimate of drug-likeness (QED) is 0.651. The number of halogens is 1. The van der Waals surface area contributed by atoms with E-state index >= 15 is 0 Å². The van der Waals surface area contributed by atoms with E-state index in [9.17, 15) is 19.3 Å². The molecule has 7 nitrogen and oxygen atoms in total. The zero-order chi connectivity index (χ0) is 18.7. The van der Waals surface area contributed by atoms with E-state index in [4.69, 9.17) is 4.74 Å². The molecule has 1 amide bonds. The second kappa shape index (κ2) is 7.38. The summed E-state index contributed by atoms with van der Waals surface area (Å²) in [6.45, 7) is 1.63. The number of hydrogen-bond donors (Lipinski definition) is 1. The highest BCUT2D eigenvalue weighted by molar-refractivity contribution is 6.06. The number of carbonyl (C=O) groups excluding carboxylic acids is 1. The molecule has 0 saturated carbocycles. The third-order valence-corrected chi connectivity index (χ3v) is 4.29. The Morgan fingerprint density at radius 1 is 1.23 bits per heavy atom. The zero-order valence-electron chi connectivity index (χ0n) is 14.2. The van der Waals surface area contributed by atoms with E-state index in [-0.39, 0.29) is 22.7 Å². The first-order chi connectivity index (χ1) is 12.5. The minimum absolute atomic E-state index is 0.00530. The second-order valence-electron chi connectivity index (χ2n) is 5.96. The van der Waals surface area contributed by atoms with Crippen molar-refractivity contribution in [3.8, 4) is 5.75 Å². The summed E-state index contributed by atoms with van der Waals surface area (Å²) in [6.07, 6.45) is 2.06. The van der Waals surface area contributed by atoms with Gasteiger partial charge < -0.3 is 15.0 Å². The summed E-state index contributed by atoms with van der Waals surface area (Å²) in [5.41, 5.74) is 0.551. The van der Waals surface area contributed by atoms with E-state index in [0.29, 0.717) is 5.69 Å². The van der Waals surface area contributed by atoms with E-state index in [0.717, 1.165) is 32.0 Å². The van der Waals surface area contributed by atoms with Crippen LogP contribution in [0.4, 0.5) is 21.5 Å². The van der Waals surface area contributed by atoms with Crippen molar-refractivity contribution in [2.24, 2.45) is 0 Å². The molecule has 26 heavy (non-hydrogen) atoms. The Morgan fingerprint density at radius 2 is 1.96 bits per heavy atom. The molecule has 0 radical (unpaired) electrons. The Morgan fingerprint density at radius 3 is 2.58 bits per heavy atom. The van der Waals surface area contributed by atoms with Gasteiger partial charge in [-0.25, -0.2) is 4.39 Å². The standard InChI is InChI=1S/C18H18FN3O4/c1-26-17-7-5-13(22(24)25)11-14(17)18(23)20-12-4-6-16(15(19)10-12)21-8-2-3-9-21/h4-7,10-11H,2-3,8-9H2,1H3,(H,20,23). The first-order valence-electron chi connectivity index (χ1n) is 8.18. The Hall–Kier alpha value is -3.16. The number of rotatable bonds is 5. The van der Waals surface area contributed by atoms with E-state index in [1.54, 1.807) is 12.1 Å². The number of nitro benzene ring substituents is 1. The van der Waals surface area contributed by atoms with Crippen molar-refractivity contribution in [1.29, 1.82) is 0 Å². The molecule has 136 valence electrons. The fraction of sp³-hybridized carbons (Fsp3) is 0.278. The predicted octanol–water partition coefficient (Wildman–Crippen LogP) is 3.60. The maximum absolute atomic E-state index is 14.4. The molecule has 0 spiro atoms.